The van der Waals surface area contributed by atoms with Crippen LogP contribution in [0.3, 0.4) is 0 Å². The number of rotatable bonds is 1. The fourth-order valence-electron chi connectivity index (χ4n) is 1.85. The molecular formula is C12H13Cl2NO. The number of nitrogens with zero attached hydrogens (tertiary/aromatic N) is 1. The van der Waals surface area contributed by atoms with Gasteiger partial charge < -0.3 is 4.90 Å². The van der Waals surface area contributed by atoms with Crippen LogP contribution in [0.1, 0.15) is 23.2 Å². The number of hydrogen-bond acceptors (Lipinski definition) is 1. The van der Waals surface area contributed by atoms with Crippen molar-refractivity contribution >= 4 is 29.1 Å². The molecule has 0 N–H and O–H groups in total. The second-order valence-corrected chi connectivity index (χ2v) is 5.05. The van der Waals surface area contributed by atoms with Gasteiger partial charge in [0.2, 0.25) is 0 Å². The summed E-state index contributed by atoms with van der Waals surface area (Å²) in [5.74, 6) is -0.0362. The maximum Gasteiger partial charge on any atom is 0.255 e. The Morgan fingerprint density at radius 3 is 2.56 bits per heavy atom. The molecule has 86 valence electrons. The minimum Gasteiger partial charge on any atom is -0.321 e. The maximum atomic E-state index is 12.1. The number of piperidine rings is 1. The van der Waals surface area contributed by atoms with Gasteiger partial charge >= 0.3 is 0 Å². The SMILES string of the molecule is O=C(c1ccccc1)N1CC(Cl)CCC1Cl. The molecule has 0 bridgehead atoms. The Morgan fingerprint density at radius 2 is 1.88 bits per heavy atom. The molecule has 0 radical (unpaired) electrons. The van der Waals surface area contributed by atoms with Crippen molar-refractivity contribution in [1.29, 1.82) is 0 Å². The fourth-order valence-corrected chi connectivity index (χ4v) is 2.42. The van der Waals surface area contributed by atoms with E-state index in [0.29, 0.717) is 12.1 Å². The number of likely N-dealkylation sites (tertiary alicyclic amines) is 1. The zero-order valence-electron chi connectivity index (χ0n) is 8.77. The number of benzene rings is 1. The molecule has 1 aromatic carbocycles. The molecule has 2 rings (SSSR count). The molecule has 0 aliphatic carbocycles. The van der Waals surface area contributed by atoms with Gasteiger partial charge in [-0.1, -0.05) is 29.8 Å². The predicted molar refractivity (Wildman–Crippen MR) is 66.0 cm³/mol. The highest BCUT2D eigenvalue weighted by Crippen LogP contribution is 2.25. The lowest BCUT2D eigenvalue weighted by atomic mass is 10.1. The smallest absolute Gasteiger partial charge is 0.255 e. The largest absolute Gasteiger partial charge is 0.321 e. The quantitative estimate of drug-likeness (QED) is 0.560. The first-order chi connectivity index (χ1) is 7.68. The van der Waals surface area contributed by atoms with Crippen molar-refractivity contribution in [2.75, 3.05) is 6.54 Å². The van der Waals surface area contributed by atoms with Crippen LogP contribution in [0, 0.1) is 0 Å². The zero-order valence-corrected chi connectivity index (χ0v) is 10.3. The van der Waals surface area contributed by atoms with Gasteiger partial charge in [0.1, 0.15) is 5.50 Å². The van der Waals surface area contributed by atoms with E-state index in [9.17, 15) is 4.79 Å². The molecule has 1 aliphatic heterocycles. The van der Waals surface area contributed by atoms with Crippen LogP contribution in [-0.2, 0) is 0 Å². The Bertz CT molecular complexity index is 369. The highest BCUT2D eigenvalue weighted by molar-refractivity contribution is 6.23. The van der Waals surface area contributed by atoms with Crippen LogP contribution in [-0.4, -0.2) is 28.2 Å². The molecule has 2 nitrogen and oxygen atoms in total. The van der Waals surface area contributed by atoms with Crippen molar-refractivity contribution in [3.05, 3.63) is 35.9 Å². The van der Waals surface area contributed by atoms with E-state index >= 15 is 0 Å². The van der Waals surface area contributed by atoms with Crippen molar-refractivity contribution in [2.45, 2.75) is 23.7 Å². The van der Waals surface area contributed by atoms with Crippen LogP contribution in [0.15, 0.2) is 30.3 Å². The standard InChI is InChI=1S/C12H13Cl2NO/c13-10-6-7-11(14)15(8-10)12(16)9-4-2-1-3-5-9/h1-5,10-11H,6-8H2. The van der Waals surface area contributed by atoms with E-state index in [-0.39, 0.29) is 16.8 Å². The Morgan fingerprint density at radius 1 is 1.19 bits per heavy atom. The molecule has 1 aromatic rings. The minimum atomic E-state index is -0.234. The number of carbonyl (C=O) groups excluding carboxylic acids is 1. The van der Waals surface area contributed by atoms with E-state index in [1.54, 1.807) is 17.0 Å². The van der Waals surface area contributed by atoms with E-state index in [0.717, 1.165) is 12.8 Å². The van der Waals surface area contributed by atoms with Gasteiger partial charge in [-0.15, -0.1) is 11.6 Å². The van der Waals surface area contributed by atoms with Gasteiger partial charge in [-0.3, -0.25) is 4.79 Å². The lowest BCUT2D eigenvalue weighted by Crippen LogP contribution is -2.44. The van der Waals surface area contributed by atoms with Crippen molar-refractivity contribution in [3.8, 4) is 0 Å². The molecule has 0 aromatic heterocycles. The first-order valence-corrected chi connectivity index (χ1v) is 6.20. The summed E-state index contributed by atoms with van der Waals surface area (Å²) in [7, 11) is 0. The minimum absolute atomic E-state index is 0.0164. The second kappa shape index (κ2) is 5.07. The third kappa shape index (κ3) is 2.50. The molecule has 1 saturated heterocycles. The van der Waals surface area contributed by atoms with Gasteiger partial charge in [0, 0.05) is 12.1 Å². The molecule has 4 heteroatoms. The van der Waals surface area contributed by atoms with Gasteiger partial charge in [-0.25, -0.2) is 0 Å². The zero-order chi connectivity index (χ0) is 11.5. The topological polar surface area (TPSA) is 20.3 Å². The Kier molecular flexibility index (Phi) is 3.72. The summed E-state index contributed by atoms with van der Waals surface area (Å²) in [6, 6.07) is 9.17. The lowest BCUT2D eigenvalue weighted by molar-refractivity contribution is 0.0695. The van der Waals surface area contributed by atoms with Crippen LogP contribution in [0.4, 0.5) is 0 Å². The number of carbonyl (C=O) groups is 1. The lowest BCUT2D eigenvalue weighted by Gasteiger charge is -2.34. The molecule has 2 atom stereocenters. The summed E-state index contributed by atoms with van der Waals surface area (Å²) < 4.78 is 0. The van der Waals surface area contributed by atoms with Crippen LogP contribution < -0.4 is 0 Å². The highest BCUT2D eigenvalue weighted by atomic mass is 35.5. The molecule has 1 heterocycles. The fraction of sp³-hybridized carbons (Fsp3) is 0.417. The molecule has 2 unspecified atom stereocenters. The summed E-state index contributed by atoms with van der Waals surface area (Å²) in [6.45, 7) is 0.531. The molecule has 0 saturated carbocycles. The summed E-state index contributed by atoms with van der Waals surface area (Å²) in [4.78, 5) is 13.8. The average molecular weight is 258 g/mol. The van der Waals surface area contributed by atoms with E-state index in [4.69, 9.17) is 23.2 Å². The molecule has 1 aliphatic rings. The van der Waals surface area contributed by atoms with Gasteiger partial charge in [-0.2, -0.15) is 0 Å². The van der Waals surface area contributed by atoms with E-state index in [1.165, 1.54) is 0 Å². The van der Waals surface area contributed by atoms with Crippen molar-refractivity contribution < 1.29 is 4.79 Å². The molecular weight excluding hydrogens is 245 g/mol. The van der Waals surface area contributed by atoms with Crippen molar-refractivity contribution in [3.63, 3.8) is 0 Å². The maximum absolute atomic E-state index is 12.1. The monoisotopic (exact) mass is 257 g/mol. The molecule has 1 amide bonds. The van der Waals surface area contributed by atoms with Crippen LogP contribution in [0.25, 0.3) is 0 Å². The number of amides is 1. The Hall–Kier alpha value is -0.730. The third-order valence-electron chi connectivity index (χ3n) is 2.73. The normalized spacial score (nSPS) is 25.5. The first kappa shape index (κ1) is 11.7. The number of hydrogen-bond donors (Lipinski definition) is 0. The number of alkyl halides is 2. The highest BCUT2D eigenvalue weighted by Gasteiger charge is 2.29. The van der Waals surface area contributed by atoms with Gasteiger partial charge in [0.15, 0.2) is 0 Å². The van der Waals surface area contributed by atoms with Crippen LogP contribution in [0.2, 0.25) is 0 Å². The first-order valence-electron chi connectivity index (χ1n) is 5.32. The summed E-state index contributed by atoms with van der Waals surface area (Å²) in [6.07, 6.45) is 1.63. The average Bonchev–Trinajstić information content (AvgIpc) is 2.32. The van der Waals surface area contributed by atoms with Gasteiger partial charge in [-0.05, 0) is 25.0 Å². The molecule has 16 heavy (non-hydrogen) atoms. The van der Waals surface area contributed by atoms with Gasteiger partial charge in [0.05, 0.1) is 5.38 Å². The van der Waals surface area contributed by atoms with E-state index < -0.39 is 0 Å². The Labute approximate surface area is 105 Å². The summed E-state index contributed by atoms with van der Waals surface area (Å²) in [5.41, 5.74) is 0.432. The summed E-state index contributed by atoms with van der Waals surface area (Å²) in [5, 5.41) is 0.0164. The van der Waals surface area contributed by atoms with Crippen molar-refractivity contribution in [1.82, 2.24) is 4.90 Å². The second-order valence-electron chi connectivity index (χ2n) is 3.93. The van der Waals surface area contributed by atoms with E-state index in [1.807, 2.05) is 18.2 Å². The molecule has 1 fully saturated rings. The number of halogens is 2. The Balaban J connectivity index is 2.15. The summed E-state index contributed by atoms with van der Waals surface area (Å²) >= 11 is 12.2. The van der Waals surface area contributed by atoms with E-state index in [2.05, 4.69) is 0 Å². The van der Waals surface area contributed by atoms with Crippen molar-refractivity contribution in [2.24, 2.45) is 0 Å². The van der Waals surface area contributed by atoms with Crippen LogP contribution >= 0.6 is 23.2 Å². The van der Waals surface area contributed by atoms with Crippen LogP contribution in [0.5, 0.6) is 0 Å². The molecule has 0 spiro atoms. The third-order valence-corrected chi connectivity index (χ3v) is 3.54. The predicted octanol–water partition coefficient (Wildman–Crippen LogP) is 3.09. The van der Waals surface area contributed by atoms with Gasteiger partial charge in [0.25, 0.3) is 5.91 Å².